The van der Waals surface area contributed by atoms with Crippen LogP contribution < -0.4 is 4.72 Å². The second-order valence-corrected chi connectivity index (χ2v) is 11.3. The van der Waals surface area contributed by atoms with Crippen LogP contribution in [0.5, 0.6) is 0 Å². The van der Waals surface area contributed by atoms with Crippen LogP contribution in [0.4, 0.5) is 0 Å². The van der Waals surface area contributed by atoms with Crippen molar-refractivity contribution in [2.45, 2.75) is 36.6 Å². The zero-order valence-electron chi connectivity index (χ0n) is 17.8. The molecule has 1 aliphatic heterocycles. The average molecular weight is 466 g/mol. The number of amides is 1. The number of piperazine rings is 1. The normalized spacial score (nSPS) is 16.8. The zero-order chi connectivity index (χ0) is 22.8. The third kappa shape index (κ3) is 5.15. The van der Waals surface area contributed by atoms with E-state index >= 15 is 0 Å². The minimum atomic E-state index is -3.83. The monoisotopic (exact) mass is 465 g/mol. The lowest BCUT2D eigenvalue weighted by Crippen LogP contribution is -2.55. The number of nitrogens with zero attached hydrogens (tertiary/aromatic N) is 2. The van der Waals surface area contributed by atoms with E-state index in [1.54, 1.807) is 37.3 Å². The first-order chi connectivity index (χ1) is 14.5. The summed E-state index contributed by atoms with van der Waals surface area (Å²) in [5.74, 6) is -0.386. The molecule has 1 saturated heterocycles. The summed E-state index contributed by atoms with van der Waals surface area (Å²) in [4.78, 5) is 14.6. The lowest BCUT2D eigenvalue weighted by molar-refractivity contribution is -0.133. The summed E-state index contributed by atoms with van der Waals surface area (Å²) in [5.41, 5.74) is 1.67. The number of benzene rings is 2. The molecule has 0 unspecified atom stereocenters. The van der Waals surface area contributed by atoms with Gasteiger partial charge in [-0.25, -0.2) is 16.8 Å². The van der Waals surface area contributed by atoms with Crippen molar-refractivity contribution < 1.29 is 21.6 Å². The molecule has 8 nitrogen and oxygen atoms in total. The maximum atomic E-state index is 13.0. The fourth-order valence-corrected chi connectivity index (χ4v) is 6.45. The van der Waals surface area contributed by atoms with Gasteiger partial charge in [0.25, 0.3) is 0 Å². The van der Waals surface area contributed by atoms with Crippen LogP contribution in [-0.2, 0) is 24.8 Å². The van der Waals surface area contributed by atoms with Gasteiger partial charge in [0.2, 0.25) is 26.0 Å². The first-order valence-corrected chi connectivity index (χ1v) is 12.9. The maximum absolute atomic E-state index is 13.0. The molecule has 1 aliphatic rings. The molecule has 168 valence electrons. The Kier molecular flexibility index (Phi) is 6.85. The van der Waals surface area contributed by atoms with Crippen LogP contribution in [0.1, 0.15) is 18.1 Å². The fraction of sp³-hybridized carbons (Fsp3) is 0.381. The van der Waals surface area contributed by atoms with E-state index in [0.29, 0.717) is 5.56 Å². The molecule has 0 saturated carbocycles. The Bertz CT molecular complexity index is 1160. The van der Waals surface area contributed by atoms with E-state index in [2.05, 4.69) is 4.72 Å². The van der Waals surface area contributed by atoms with E-state index in [9.17, 15) is 21.6 Å². The van der Waals surface area contributed by atoms with Crippen LogP contribution in [0.3, 0.4) is 0 Å². The predicted octanol–water partition coefficient (Wildman–Crippen LogP) is 1.50. The summed E-state index contributed by atoms with van der Waals surface area (Å²) in [6.07, 6.45) is 0. The van der Waals surface area contributed by atoms with Crippen molar-refractivity contribution in [3.05, 3.63) is 59.7 Å². The van der Waals surface area contributed by atoms with Crippen molar-refractivity contribution >= 4 is 26.0 Å². The van der Waals surface area contributed by atoms with Crippen molar-refractivity contribution in [3.63, 3.8) is 0 Å². The van der Waals surface area contributed by atoms with Crippen LogP contribution >= 0.6 is 0 Å². The summed E-state index contributed by atoms with van der Waals surface area (Å²) in [6, 6.07) is 12.1. The molecule has 2 aromatic rings. The predicted molar refractivity (Wildman–Crippen MR) is 117 cm³/mol. The number of hydrogen-bond donors (Lipinski definition) is 1. The Morgan fingerprint density at radius 1 is 0.935 bits per heavy atom. The smallest absolute Gasteiger partial charge is 0.243 e. The van der Waals surface area contributed by atoms with Gasteiger partial charge in [0.05, 0.1) is 15.8 Å². The molecule has 0 bridgehead atoms. The van der Waals surface area contributed by atoms with Crippen LogP contribution in [0.15, 0.2) is 58.3 Å². The number of nitrogens with one attached hydrogen (secondary N) is 1. The number of sulfonamides is 2. The van der Waals surface area contributed by atoms with Gasteiger partial charge in [-0.2, -0.15) is 9.03 Å². The molecule has 1 amide bonds. The van der Waals surface area contributed by atoms with E-state index in [4.69, 9.17) is 0 Å². The van der Waals surface area contributed by atoms with E-state index < -0.39 is 26.1 Å². The summed E-state index contributed by atoms with van der Waals surface area (Å²) >= 11 is 0. The maximum Gasteiger partial charge on any atom is 0.243 e. The lowest BCUT2D eigenvalue weighted by Gasteiger charge is -2.35. The fourth-order valence-electron chi connectivity index (χ4n) is 3.60. The molecular formula is C21H27N3O5S2. The Morgan fingerprint density at radius 3 is 2.13 bits per heavy atom. The number of aryl methyl sites for hydroxylation is 2. The highest BCUT2D eigenvalue weighted by Crippen LogP contribution is 2.22. The molecule has 1 heterocycles. The minimum absolute atomic E-state index is 0.0824. The molecular weight excluding hydrogens is 438 g/mol. The molecule has 0 radical (unpaired) electrons. The third-order valence-electron chi connectivity index (χ3n) is 5.25. The minimum Gasteiger partial charge on any atom is -0.339 e. The first kappa shape index (κ1) is 23.4. The molecule has 1 N–H and O–H groups in total. The molecule has 0 aromatic heterocycles. The van der Waals surface area contributed by atoms with Gasteiger partial charge in [0.15, 0.2) is 0 Å². The largest absolute Gasteiger partial charge is 0.339 e. The van der Waals surface area contributed by atoms with Crippen LogP contribution in [0, 0.1) is 13.8 Å². The van der Waals surface area contributed by atoms with E-state index in [1.807, 2.05) is 13.0 Å². The van der Waals surface area contributed by atoms with E-state index in [-0.39, 0.29) is 41.9 Å². The van der Waals surface area contributed by atoms with Crippen molar-refractivity contribution in [2.75, 3.05) is 26.2 Å². The summed E-state index contributed by atoms with van der Waals surface area (Å²) < 4.78 is 54.7. The summed E-state index contributed by atoms with van der Waals surface area (Å²) in [6.45, 7) is 5.85. The van der Waals surface area contributed by atoms with Gasteiger partial charge < -0.3 is 4.90 Å². The second kappa shape index (κ2) is 9.07. The standard InChI is InChI=1S/C21H27N3O5S2/c1-16-9-10-20(17(2)15-16)31(28,29)24-13-11-23(12-14-24)21(25)18(3)22-30(26,27)19-7-5-4-6-8-19/h4-10,15,18,22H,11-14H2,1-3H3/t18-/m0/s1. The Morgan fingerprint density at radius 2 is 1.55 bits per heavy atom. The Labute approximate surface area is 184 Å². The van der Waals surface area contributed by atoms with Gasteiger partial charge in [-0.15, -0.1) is 0 Å². The number of carbonyl (C=O) groups excluding carboxylic acids is 1. The lowest BCUT2D eigenvalue weighted by atomic mass is 10.2. The third-order valence-corrected chi connectivity index (χ3v) is 8.87. The molecule has 31 heavy (non-hydrogen) atoms. The summed E-state index contributed by atoms with van der Waals surface area (Å²) in [5, 5.41) is 0. The molecule has 2 aromatic carbocycles. The van der Waals surface area contributed by atoms with Crippen LogP contribution in [0.2, 0.25) is 0 Å². The quantitative estimate of drug-likeness (QED) is 0.696. The highest BCUT2D eigenvalue weighted by atomic mass is 32.2. The average Bonchev–Trinajstić information content (AvgIpc) is 2.73. The zero-order valence-corrected chi connectivity index (χ0v) is 19.4. The molecule has 0 spiro atoms. The topological polar surface area (TPSA) is 104 Å². The number of carbonyl (C=O) groups is 1. The van der Waals surface area contributed by atoms with Crippen molar-refractivity contribution in [1.29, 1.82) is 0 Å². The van der Waals surface area contributed by atoms with Crippen molar-refractivity contribution in [3.8, 4) is 0 Å². The molecule has 3 rings (SSSR count). The van der Waals surface area contributed by atoms with Gasteiger partial charge in [0.1, 0.15) is 0 Å². The SMILES string of the molecule is Cc1ccc(S(=O)(=O)N2CCN(C(=O)[C@H](C)NS(=O)(=O)c3ccccc3)CC2)c(C)c1. The molecule has 0 aliphatic carbocycles. The van der Waals surface area contributed by atoms with E-state index in [1.165, 1.54) is 28.3 Å². The Hall–Kier alpha value is -2.27. The van der Waals surface area contributed by atoms with Gasteiger partial charge in [-0.3, -0.25) is 4.79 Å². The first-order valence-electron chi connectivity index (χ1n) is 9.96. The van der Waals surface area contributed by atoms with Gasteiger partial charge in [-0.05, 0) is 44.5 Å². The summed E-state index contributed by atoms with van der Waals surface area (Å²) in [7, 11) is -7.49. The highest BCUT2D eigenvalue weighted by Gasteiger charge is 2.33. The van der Waals surface area contributed by atoms with Gasteiger partial charge >= 0.3 is 0 Å². The molecule has 1 atom stereocenters. The van der Waals surface area contributed by atoms with Gasteiger partial charge in [-0.1, -0.05) is 35.9 Å². The number of hydrogen-bond acceptors (Lipinski definition) is 5. The second-order valence-electron chi connectivity index (χ2n) is 7.65. The molecule has 10 heteroatoms. The number of rotatable bonds is 6. The van der Waals surface area contributed by atoms with Crippen LogP contribution in [0.25, 0.3) is 0 Å². The van der Waals surface area contributed by atoms with Gasteiger partial charge in [0, 0.05) is 26.2 Å². The van der Waals surface area contributed by atoms with Crippen LogP contribution in [-0.4, -0.2) is 64.2 Å². The Balaban J connectivity index is 1.64. The van der Waals surface area contributed by atoms with Crippen molar-refractivity contribution in [1.82, 2.24) is 13.9 Å². The van der Waals surface area contributed by atoms with E-state index in [0.717, 1.165) is 5.56 Å². The van der Waals surface area contributed by atoms with Crippen molar-refractivity contribution in [2.24, 2.45) is 0 Å². The molecule has 1 fully saturated rings. The highest BCUT2D eigenvalue weighted by molar-refractivity contribution is 7.89.